The van der Waals surface area contributed by atoms with Gasteiger partial charge in [0.25, 0.3) is 0 Å². The Morgan fingerprint density at radius 1 is 1.04 bits per heavy atom. The topological polar surface area (TPSA) is 43.2 Å². The first-order valence-electron chi connectivity index (χ1n) is 8.13. The van der Waals surface area contributed by atoms with Gasteiger partial charge in [0, 0.05) is 37.9 Å². The van der Waals surface area contributed by atoms with Gasteiger partial charge in [-0.05, 0) is 48.7 Å². The van der Waals surface area contributed by atoms with Gasteiger partial charge in [-0.15, -0.1) is 0 Å². The molecule has 3 heterocycles. The number of hydrogen-bond donors (Lipinski definition) is 0. The molecule has 2 unspecified atom stereocenters. The molecule has 0 saturated carbocycles. The first kappa shape index (κ1) is 14.2. The molecule has 1 aromatic carbocycles. The fourth-order valence-electron chi connectivity index (χ4n) is 3.93. The van der Waals surface area contributed by atoms with E-state index in [4.69, 9.17) is 5.26 Å². The summed E-state index contributed by atoms with van der Waals surface area (Å²) in [5.41, 5.74) is 2.79. The van der Waals surface area contributed by atoms with Crippen molar-refractivity contribution in [2.24, 2.45) is 11.8 Å². The van der Waals surface area contributed by atoms with Crippen molar-refractivity contribution < 1.29 is 0 Å². The summed E-state index contributed by atoms with van der Waals surface area (Å²) in [6.45, 7) is 4.65. The van der Waals surface area contributed by atoms with Crippen LogP contribution in [0.3, 0.4) is 0 Å². The lowest BCUT2D eigenvalue weighted by molar-refractivity contribution is 0.387. The fourth-order valence-corrected chi connectivity index (χ4v) is 3.93. The van der Waals surface area contributed by atoms with Gasteiger partial charge in [-0.25, -0.2) is 4.98 Å². The van der Waals surface area contributed by atoms with E-state index in [1.807, 2.05) is 30.5 Å². The van der Waals surface area contributed by atoms with E-state index < -0.39 is 0 Å². The lowest BCUT2D eigenvalue weighted by Crippen LogP contribution is -2.27. The maximum atomic E-state index is 9.02. The highest BCUT2D eigenvalue weighted by Crippen LogP contribution is 2.33. The summed E-state index contributed by atoms with van der Waals surface area (Å²) in [4.78, 5) is 9.52. The Morgan fingerprint density at radius 3 is 2.48 bits per heavy atom. The SMILES string of the molecule is CN1CC2CN(c3ccc(-c4cccc(C#N)c4)cn3)CC2C1. The van der Waals surface area contributed by atoms with Crippen molar-refractivity contribution in [1.29, 1.82) is 5.26 Å². The highest BCUT2D eigenvalue weighted by Gasteiger charge is 2.38. The Hall–Kier alpha value is -2.38. The lowest BCUT2D eigenvalue weighted by Gasteiger charge is -2.20. The van der Waals surface area contributed by atoms with Crippen LogP contribution in [0.2, 0.25) is 0 Å². The first-order chi connectivity index (χ1) is 11.2. The Labute approximate surface area is 137 Å². The van der Waals surface area contributed by atoms with Crippen LogP contribution in [0.15, 0.2) is 42.6 Å². The van der Waals surface area contributed by atoms with Gasteiger partial charge in [-0.2, -0.15) is 5.26 Å². The third kappa shape index (κ3) is 2.69. The molecular formula is C19H20N4. The van der Waals surface area contributed by atoms with Gasteiger partial charge in [0.15, 0.2) is 0 Å². The first-order valence-corrected chi connectivity index (χ1v) is 8.13. The minimum atomic E-state index is 0.683. The van der Waals surface area contributed by atoms with E-state index in [9.17, 15) is 0 Å². The molecule has 2 atom stereocenters. The van der Waals surface area contributed by atoms with Crippen LogP contribution in [-0.2, 0) is 0 Å². The molecule has 0 amide bonds. The Bertz CT molecular complexity index is 733. The summed E-state index contributed by atoms with van der Waals surface area (Å²) in [6.07, 6.45) is 1.92. The van der Waals surface area contributed by atoms with E-state index in [-0.39, 0.29) is 0 Å². The van der Waals surface area contributed by atoms with Gasteiger partial charge >= 0.3 is 0 Å². The maximum absolute atomic E-state index is 9.02. The largest absolute Gasteiger partial charge is 0.356 e. The standard InChI is InChI=1S/C19H20N4/c1-22-10-17-12-23(13-18(17)11-22)19-6-5-16(9-21-19)15-4-2-3-14(7-15)8-20/h2-7,9,17-18H,10-13H2,1H3. The molecule has 2 aliphatic rings. The minimum absolute atomic E-state index is 0.683. The van der Waals surface area contributed by atoms with Crippen LogP contribution in [-0.4, -0.2) is 43.1 Å². The summed E-state index contributed by atoms with van der Waals surface area (Å²) >= 11 is 0. The number of pyridine rings is 1. The van der Waals surface area contributed by atoms with E-state index in [0.717, 1.165) is 41.9 Å². The Kier molecular flexibility index (Phi) is 3.51. The second kappa shape index (κ2) is 5.68. The molecule has 2 saturated heterocycles. The third-order valence-corrected chi connectivity index (χ3v) is 5.07. The van der Waals surface area contributed by atoms with E-state index in [0.29, 0.717) is 5.56 Å². The normalized spacial score (nSPS) is 23.7. The molecule has 23 heavy (non-hydrogen) atoms. The van der Waals surface area contributed by atoms with Crippen molar-refractivity contribution in [1.82, 2.24) is 9.88 Å². The Balaban J connectivity index is 1.52. The van der Waals surface area contributed by atoms with E-state index in [1.54, 1.807) is 0 Å². The van der Waals surface area contributed by atoms with Gasteiger partial charge in [-0.1, -0.05) is 12.1 Å². The van der Waals surface area contributed by atoms with Crippen molar-refractivity contribution in [3.05, 3.63) is 48.2 Å². The molecule has 2 fully saturated rings. The van der Waals surface area contributed by atoms with Crippen LogP contribution in [0.4, 0.5) is 5.82 Å². The predicted octanol–water partition coefficient (Wildman–Crippen LogP) is 2.62. The number of aromatic nitrogens is 1. The van der Waals surface area contributed by atoms with Crippen LogP contribution in [0.1, 0.15) is 5.56 Å². The monoisotopic (exact) mass is 304 g/mol. The van der Waals surface area contributed by atoms with Crippen LogP contribution in [0, 0.1) is 23.2 Å². The number of rotatable bonds is 2. The molecule has 1 aromatic heterocycles. The molecule has 4 rings (SSSR count). The minimum Gasteiger partial charge on any atom is -0.356 e. The number of anilines is 1. The van der Waals surface area contributed by atoms with Gasteiger partial charge in [0.2, 0.25) is 0 Å². The van der Waals surface area contributed by atoms with E-state index in [1.165, 1.54) is 13.1 Å². The van der Waals surface area contributed by atoms with Crippen LogP contribution < -0.4 is 4.90 Å². The fraction of sp³-hybridized carbons (Fsp3) is 0.368. The predicted molar refractivity (Wildman–Crippen MR) is 91.1 cm³/mol. The summed E-state index contributed by atoms with van der Waals surface area (Å²) in [6, 6.07) is 14.1. The van der Waals surface area contributed by atoms with Crippen molar-refractivity contribution in [2.45, 2.75) is 0 Å². The summed E-state index contributed by atoms with van der Waals surface area (Å²) in [5.74, 6) is 2.64. The summed E-state index contributed by atoms with van der Waals surface area (Å²) in [7, 11) is 2.21. The zero-order chi connectivity index (χ0) is 15.8. The molecule has 2 aliphatic heterocycles. The maximum Gasteiger partial charge on any atom is 0.128 e. The van der Waals surface area contributed by atoms with Crippen molar-refractivity contribution >= 4 is 5.82 Å². The highest BCUT2D eigenvalue weighted by molar-refractivity contribution is 5.65. The molecule has 116 valence electrons. The number of nitriles is 1. The second-order valence-electron chi connectivity index (χ2n) is 6.74. The molecule has 0 bridgehead atoms. The average molecular weight is 304 g/mol. The molecule has 0 N–H and O–H groups in total. The molecule has 0 radical (unpaired) electrons. The van der Waals surface area contributed by atoms with Gasteiger partial charge in [0.1, 0.15) is 5.82 Å². The zero-order valence-corrected chi connectivity index (χ0v) is 13.3. The molecule has 4 nitrogen and oxygen atoms in total. The highest BCUT2D eigenvalue weighted by atomic mass is 15.3. The number of hydrogen-bond acceptors (Lipinski definition) is 4. The summed E-state index contributed by atoms with van der Waals surface area (Å²) < 4.78 is 0. The molecule has 2 aromatic rings. The van der Waals surface area contributed by atoms with Crippen LogP contribution in [0.5, 0.6) is 0 Å². The van der Waals surface area contributed by atoms with Crippen molar-refractivity contribution in [3.8, 4) is 17.2 Å². The molecule has 0 spiro atoms. The zero-order valence-electron chi connectivity index (χ0n) is 13.3. The number of fused-ring (bicyclic) bond motifs is 1. The second-order valence-corrected chi connectivity index (χ2v) is 6.74. The quantitative estimate of drug-likeness (QED) is 0.855. The van der Waals surface area contributed by atoms with Gasteiger partial charge in [0.05, 0.1) is 11.6 Å². The lowest BCUT2D eigenvalue weighted by atomic mass is 10.0. The smallest absolute Gasteiger partial charge is 0.128 e. The van der Waals surface area contributed by atoms with E-state index >= 15 is 0 Å². The molecular weight excluding hydrogens is 284 g/mol. The number of benzene rings is 1. The molecule has 0 aliphatic carbocycles. The molecule has 4 heteroatoms. The summed E-state index contributed by atoms with van der Waals surface area (Å²) in [5, 5.41) is 9.02. The van der Waals surface area contributed by atoms with Gasteiger partial charge in [-0.3, -0.25) is 0 Å². The van der Waals surface area contributed by atoms with Crippen molar-refractivity contribution in [3.63, 3.8) is 0 Å². The van der Waals surface area contributed by atoms with Crippen LogP contribution >= 0.6 is 0 Å². The van der Waals surface area contributed by atoms with Crippen LogP contribution in [0.25, 0.3) is 11.1 Å². The Morgan fingerprint density at radius 2 is 1.83 bits per heavy atom. The number of likely N-dealkylation sites (tertiary alicyclic amines) is 1. The van der Waals surface area contributed by atoms with E-state index in [2.05, 4.69) is 40.0 Å². The average Bonchev–Trinajstić information content (AvgIpc) is 3.12. The third-order valence-electron chi connectivity index (χ3n) is 5.07. The van der Waals surface area contributed by atoms with Crippen molar-refractivity contribution in [2.75, 3.05) is 38.1 Å². The van der Waals surface area contributed by atoms with Gasteiger partial charge < -0.3 is 9.80 Å². The number of nitrogens with zero attached hydrogens (tertiary/aromatic N) is 4.